The third-order valence-electron chi connectivity index (χ3n) is 2.22. The maximum Gasteiger partial charge on any atom is 0.265 e. The van der Waals surface area contributed by atoms with Gasteiger partial charge in [-0.2, -0.15) is 0 Å². The van der Waals surface area contributed by atoms with Crippen LogP contribution in [-0.4, -0.2) is 33.7 Å². The molecule has 14 heavy (non-hydrogen) atoms. The highest BCUT2D eigenvalue weighted by atomic mass is 79.9. The second-order valence-electron chi connectivity index (χ2n) is 3.28. The van der Waals surface area contributed by atoms with Crippen LogP contribution in [0, 0.1) is 0 Å². The number of hydrogen-bond acceptors (Lipinski definition) is 3. The number of nitrogens with zero attached hydrogens (tertiary/aromatic N) is 2. The summed E-state index contributed by atoms with van der Waals surface area (Å²) in [5.74, 6) is 0.134. The first-order chi connectivity index (χ1) is 6.83. The first-order valence-electron chi connectivity index (χ1n) is 4.58. The topological polar surface area (TPSA) is 33.2 Å². The first-order valence-corrected chi connectivity index (χ1v) is 6.58. The number of alkyl halides is 1. The van der Waals surface area contributed by atoms with E-state index >= 15 is 0 Å². The van der Waals surface area contributed by atoms with Gasteiger partial charge in [0.1, 0.15) is 4.88 Å². The molecule has 1 fully saturated rings. The standard InChI is InChI=1S/C9H11BrN2OS/c10-3-4-12(7-1-2-7)9(13)8-5-11-6-14-8/h5-7H,1-4H2. The van der Waals surface area contributed by atoms with Crippen molar-refractivity contribution in [3.8, 4) is 0 Å². The number of amides is 1. The van der Waals surface area contributed by atoms with Gasteiger partial charge >= 0.3 is 0 Å². The zero-order valence-corrected chi connectivity index (χ0v) is 10.1. The summed E-state index contributed by atoms with van der Waals surface area (Å²) in [5, 5.41) is 0.841. The quantitative estimate of drug-likeness (QED) is 0.789. The fourth-order valence-electron chi connectivity index (χ4n) is 1.39. The molecule has 0 atom stereocenters. The van der Waals surface area contributed by atoms with Crippen LogP contribution in [0.1, 0.15) is 22.5 Å². The summed E-state index contributed by atoms with van der Waals surface area (Å²) in [4.78, 5) is 18.6. The molecule has 0 bridgehead atoms. The van der Waals surface area contributed by atoms with Crippen molar-refractivity contribution in [3.63, 3.8) is 0 Å². The summed E-state index contributed by atoms with van der Waals surface area (Å²) in [7, 11) is 0. The Morgan fingerprint density at radius 2 is 2.50 bits per heavy atom. The minimum atomic E-state index is 0.134. The van der Waals surface area contributed by atoms with E-state index in [0.717, 1.165) is 29.6 Å². The van der Waals surface area contributed by atoms with Gasteiger partial charge in [-0.25, -0.2) is 0 Å². The van der Waals surface area contributed by atoms with Crippen LogP contribution in [0.3, 0.4) is 0 Å². The predicted molar refractivity (Wildman–Crippen MR) is 60.0 cm³/mol. The average molecular weight is 275 g/mol. The Morgan fingerprint density at radius 3 is 3.00 bits per heavy atom. The molecule has 0 saturated heterocycles. The Bertz CT molecular complexity index is 311. The Morgan fingerprint density at radius 1 is 1.71 bits per heavy atom. The van der Waals surface area contributed by atoms with Crippen LogP contribution in [0.25, 0.3) is 0 Å². The van der Waals surface area contributed by atoms with Crippen LogP contribution in [0.15, 0.2) is 11.7 Å². The summed E-state index contributed by atoms with van der Waals surface area (Å²) in [5.41, 5.74) is 1.70. The number of thiazole rings is 1. The van der Waals surface area contributed by atoms with Gasteiger partial charge in [0.25, 0.3) is 5.91 Å². The lowest BCUT2D eigenvalue weighted by Gasteiger charge is -2.20. The van der Waals surface area contributed by atoms with E-state index in [1.807, 2.05) is 4.90 Å². The van der Waals surface area contributed by atoms with Gasteiger partial charge in [0.05, 0.1) is 11.7 Å². The third kappa shape index (κ3) is 2.15. The zero-order chi connectivity index (χ0) is 9.97. The number of carbonyl (C=O) groups is 1. The van der Waals surface area contributed by atoms with Gasteiger partial charge in [-0.3, -0.25) is 9.78 Å². The fourth-order valence-corrected chi connectivity index (χ4v) is 2.35. The van der Waals surface area contributed by atoms with Crippen molar-refractivity contribution in [2.45, 2.75) is 18.9 Å². The van der Waals surface area contributed by atoms with E-state index in [1.54, 1.807) is 11.7 Å². The lowest BCUT2D eigenvalue weighted by molar-refractivity contribution is 0.0759. The summed E-state index contributed by atoms with van der Waals surface area (Å²) >= 11 is 4.78. The van der Waals surface area contributed by atoms with Crippen LogP contribution in [0.4, 0.5) is 0 Å². The molecule has 1 aliphatic carbocycles. The van der Waals surface area contributed by atoms with E-state index in [-0.39, 0.29) is 5.91 Å². The van der Waals surface area contributed by atoms with Gasteiger partial charge in [-0.15, -0.1) is 11.3 Å². The molecular formula is C9H11BrN2OS. The Kier molecular flexibility index (Phi) is 3.18. The van der Waals surface area contributed by atoms with Crippen LogP contribution in [0.2, 0.25) is 0 Å². The Labute approximate surface area is 95.3 Å². The Hall–Kier alpha value is -0.420. The van der Waals surface area contributed by atoms with Crippen molar-refractivity contribution in [2.75, 3.05) is 11.9 Å². The summed E-state index contributed by atoms with van der Waals surface area (Å²) in [6, 6.07) is 0.474. The monoisotopic (exact) mass is 274 g/mol. The molecule has 5 heteroatoms. The molecule has 1 amide bonds. The van der Waals surface area contributed by atoms with Crippen LogP contribution >= 0.6 is 27.3 Å². The number of aromatic nitrogens is 1. The molecule has 76 valence electrons. The molecule has 0 radical (unpaired) electrons. The van der Waals surface area contributed by atoms with Gasteiger partial charge in [0.2, 0.25) is 0 Å². The highest BCUT2D eigenvalue weighted by Gasteiger charge is 2.32. The highest BCUT2D eigenvalue weighted by Crippen LogP contribution is 2.28. The maximum atomic E-state index is 12.0. The minimum Gasteiger partial charge on any atom is -0.334 e. The highest BCUT2D eigenvalue weighted by molar-refractivity contribution is 9.09. The van der Waals surface area contributed by atoms with Crippen LogP contribution in [-0.2, 0) is 0 Å². The van der Waals surface area contributed by atoms with Gasteiger partial charge in [-0.1, -0.05) is 15.9 Å². The molecule has 1 saturated carbocycles. The van der Waals surface area contributed by atoms with E-state index in [0.29, 0.717) is 6.04 Å². The van der Waals surface area contributed by atoms with Gasteiger partial charge in [0.15, 0.2) is 0 Å². The molecule has 0 aliphatic heterocycles. The van der Waals surface area contributed by atoms with Crippen molar-refractivity contribution >= 4 is 33.2 Å². The van der Waals surface area contributed by atoms with Crippen molar-refractivity contribution in [3.05, 3.63) is 16.6 Å². The number of halogens is 1. The van der Waals surface area contributed by atoms with Gasteiger partial charge in [0, 0.05) is 17.9 Å². The molecule has 1 aromatic heterocycles. The average Bonchev–Trinajstić information content (AvgIpc) is 2.88. The zero-order valence-electron chi connectivity index (χ0n) is 7.65. The van der Waals surface area contributed by atoms with E-state index < -0.39 is 0 Å². The van der Waals surface area contributed by atoms with E-state index in [4.69, 9.17) is 0 Å². The van der Waals surface area contributed by atoms with E-state index in [9.17, 15) is 4.79 Å². The molecule has 0 aromatic carbocycles. The number of carbonyl (C=O) groups excluding carboxylic acids is 1. The molecule has 0 spiro atoms. The van der Waals surface area contributed by atoms with Crippen LogP contribution in [0.5, 0.6) is 0 Å². The van der Waals surface area contributed by atoms with Crippen molar-refractivity contribution in [2.24, 2.45) is 0 Å². The minimum absolute atomic E-state index is 0.134. The molecule has 1 aromatic rings. The normalized spacial score (nSPS) is 15.5. The van der Waals surface area contributed by atoms with Crippen molar-refractivity contribution < 1.29 is 4.79 Å². The second-order valence-corrected chi connectivity index (χ2v) is 4.96. The summed E-state index contributed by atoms with van der Waals surface area (Å²) in [6.45, 7) is 0.793. The molecule has 0 unspecified atom stereocenters. The van der Waals surface area contributed by atoms with E-state index in [2.05, 4.69) is 20.9 Å². The lowest BCUT2D eigenvalue weighted by Crippen LogP contribution is -2.34. The molecular weight excluding hydrogens is 264 g/mol. The van der Waals surface area contributed by atoms with Gasteiger partial charge < -0.3 is 4.90 Å². The van der Waals surface area contributed by atoms with Crippen molar-refractivity contribution in [1.29, 1.82) is 0 Å². The smallest absolute Gasteiger partial charge is 0.265 e. The maximum absolute atomic E-state index is 12.0. The summed E-state index contributed by atoms with van der Waals surface area (Å²) in [6.07, 6.45) is 3.95. The molecule has 1 heterocycles. The van der Waals surface area contributed by atoms with E-state index in [1.165, 1.54) is 11.3 Å². The molecule has 1 aliphatic rings. The van der Waals surface area contributed by atoms with Gasteiger partial charge in [-0.05, 0) is 12.8 Å². The van der Waals surface area contributed by atoms with Crippen molar-refractivity contribution in [1.82, 2.24) is 9.88 Å². The third-order valence-corrected chi connectivity index (χ3v) is 3.33. The SMILES string of the molecule is O=C(c1cncs1)N(CCBr)C1CC1. The molecule has 0 N–H and O–H groups in total. The van der Waals surface area contributed by atoms with Crippen LogP contribution < -0.4 is 0 Å². The molecule has 2 rings (SSSR count). The fraction of sp³-hybridized carbons (Fsp3) is 0.556. The predicted octanol–water partition coefficient (Wildman–Crippen LogP) is 2.14. The first kappa shape index (κ1) is 10.1. The largest absolute Gasteiger partial charge is 0.334 e. The number of hydrogen-bond donors (Lipinski definition) is 0. The Balaban J connectivity index is 2.07. The lowest BCUT2D eigenvalue weighted by atomic mass is 10.4. The second kappa shape index (κ2) is 4.40. The summed E-state index contributed by atoms with van der Waals surface area (Å²) < 4.78 is 0. The number of rotatable bonds is 4. The molecule has 3 nitrogen and oxygen atoms in total.